The molecule has 1 aliphatic heterocycles. The fraction of sp³-hybridized carbons (Fsp3) is 0.571. The second-order valence-corrected chi connectivity index (χ2v) is 2.33. The van der Waals surface area contributed by atoms with Crippen molar-refractivity contribution in [2.45, 2.75) is 13.3 Å². The zero-order chi connectivity index (χ0) is 6.69. The first kappa shape index (κ1) is 6.33. The van der Waals surface area contributed by atoms with Crippen LogP contribution in [0.25, 0.3) is 0 Å². The van der Waals surface area contributed by atoms with Crippen LogP contribution in [0.15, 0.2) is 16.9 Å². The van der Waals surface area contributed by atoms with Crippen LogP contribution in [-0.4, -0.2) is 13.3 Å². The van der Waals surface area contributed by atoms with E-state index in [0.29, 0.717) is 5.92 Å². The number of nitrogens with zero attached hydrogens (tertiary/aromatic N) is 1. The maximum absolute atomic E-state index is 4.12. The Bertz CT molecular complexity index is 147. The van der Waals surface area contributed by atoms with Crippen LogP contribution < -0.4 is 5.32 Å². The first-order valence-electron chi connectivity index (χ1n) is 3.25. The molecular weight excluding hydrogens is 112 g/mol. The minimum absolute atomic E-state index is 0.643. The zero-order valence-corrected chi connectivity index (χ0v) is 5.89. The van der Waals surface area contributed by atoms with Crippen LogP contribution in [-0.2, 0) is 0 Å². The number of hydrogen-bond acceptors (Lipinski definition) is 2. The van der Waals surface area contributed by atoms with Crippen molar-refractivity contribution in [1.29, 1.82) is 0 Å². The van der Waals surface area contributed by atoms with Gasteiger partial charge >= 0.3 is 0 Å². The lowest BCUT2D eigenvalue weighted by Gasteiger charge is -2.09. The van der Waals surface area contributed by atoms with Gasteiger partial charge in [-0.2, -0.15) is 0 Å². The summed E-state index contributed by atoms with van der Waals surface area (Å²) in [6.45, 7) is 2.18. The molecule has 1 unspecified atom stereocenters. The van der Waals surface area contributed by atoms with Crippen molar-refractivity contribution in [2.24, 2.45) is 10.9 Å². The normalized spacial score (nSPS) is 25.6. The van der Waals surface area contributed by atoms with Gasteiger partial charge in [-0.05, 0) is 18.4 Å². The number of nitrogens with one attached hydrogen (secondary N) is 1. The van der Waals surface area contributed by atoms with Crippen molar-refractivity contribution in [3.05, 3.63) is 11.9 Å². The maximum Gasteiger partial charge on any atom is 0.121 e. The molecule has 1 atom stereocenters. The highest BCUT2D eigenvalue weighted by molar-refractivity contribution is 5.61. The van der Waals surface area contributed by atoms with E-state index in [0.717, 1.165) is 12.2 Å². The van der Waals surface area contributed by atoms with Crippen molar-refractivity contribution in [3.63, 3.8) is 0 Å². The quantitative estimate of drug-likeness (QED) is 0.557. The molecule has 1 heterocycles. The van der Waals surface area contributed by atoms with E-state index in [-0.39, 0.29) is 0 Å². The average Bonchev–Trinajstić information content (AvgIpc) is 1.88. The van der Waals surface area contributed by atoms with Gasteiger partial charge in [0.05, 0.1) is 0 Å². The Morgan fingerprint density at radius 3 is 3.00 bits per heavy atom. The third-order valence-corrected chi connectivity index (χ3v) is 1.41. The van der Waals surface area contributed by atoms with Gasteiger partial charge < -0.3 is 5.32 Å². The van der Waals surface area contributed by atoms with E-state index in [2.05, 4.69) is 23.3 Å². The maximum atomic E-state index is 4.12. The first-order chi connectivity index (χ1) is 4.33. The van der Waals surface area contributed by atoms with Gasteiger partial charge in [0, 0.05) is 13.3 Å². The molecule has 0 fully saturated rings. The summed E-state index contributed by atoms with van der Waals surface area (Å²) in [5.74, 6) is 1.64. The van der Waals surface area contributed by atoms with Gasteiger partial charge in [-0.1, -0.05) is 6.92 Å². The van der Waals surface area contributed by atoms with Crippen LogP contribution in [0.1, 0.15) is 13.3 Å². The Hall–Kier alpha value is -0.790. The summed E-state index contributed by atoms with van der Waals surface area (Å²) >= 11 is 0. The minimum atomic E-state index is 0.643. The molecule has 2 nitrogen and oxygen atoms in total. The number of rotatable bonds is 1. The van der Waals surface area contributed by atoms with Crippen LogP contribution in [0, 0.1) is 5.92 Å². The van der Waals surface area contributed by atoms with Crippen LogP contribution in [0.5, 0.6) is 0 Å². The summed E-state index contributed by atoms with van der Waals surface area (Å²) in [7, 11) is 1.89. The van der Waals surface area contributed by atoms with Crippen molar-refractivity contribution in [2.75, 3.05) is 7.05 Å². The Kier molecular flexibility index (Phi) is 1.88. The third kappa shape index (κ3) is 1.56. The average molecular weight is 124 g/mol. The third-order valence-electron chi connectivity index (χ3n) is 1.41. The Morgan fingerprint density at radius 1 is 1.78 bits per heavy atom. The molecule has 0 aromatic carbocycles. The number of aliphatic imine (C=N–C) groups is 1. The topological polar surface area (TPSA) is 24.4 Å². The van der Waals surface area contributed by atoms with Crippen molar-refractivity contribution in [1.82, 2.24) is 5.32 Å². The van der Waals surface area contributed by atoms with Crippen molar-refractivity contribution < 1.29 is 0 Å². The molecule has 0 amide bonds. The Labute approximate surface area is 55.7 Å². The lowest BCUT2D eigenvalue weighted by Crippen LogP contribution is -2.09. The smallest absolute Gasteiger partial charge is 0.121 e. The molecule has 0 spiro atoms. The van der Waals surface area contributed by atoms with Crippen LogP contribution >= 0.6 is 0 Å². The monoisotopic (exact) mass is 124 g/mol. The fourth-order valence-corrected chi connectivity index (χ4v) is 0.846. The standard InChI is InChI=1S/C7H12N2/c1-6-3-4-9-7(5-6)8-2/h4-6,8H,3H2,1-2H3. The second kappa shape index (κ2) is 2.67. The summed E-state index contributed by atoms with van der Waals surface area (Å²) in [6.07, 6.45) is 5.17. The molecule has 0 saturated heterocycles. The lowest BCUT2D eigenvalue weighted by atomic mass is 10.1. The van der Waals surface area contributed by atoms with Crippen molar-refractivity contribution in [3.8, 4) is 0 Å². The summed E-state index contributed by atoms with van der Waals surface area (Å²) in [5, 5.41) is 3.00. The van der Waals surface area contributed by atoms with Gasteiger partial charge in [0.1, 0.15) is 5.82 Å². The summed E-state index contributed by atoms with van der Waals surface area (Å²) in [5.41, 5.74) is 0. The Morgan fingerprint density at radius 2 is 2.56 bits per heavy atom. The highest BCUT2D eigenvalue weighted by Gasteiger charge is 2.01. The molecule has 1 rings (SSSR count). The molecule has 0 radical (unpaired) electrons. The van der Waals surface area contributed by atoms with Crippen LogP contribution in [0.4, 0.5) is 0 Å². The van der Waals surface area contributed by atoms with Gasteiger partial charge in [-0.25, -0.2) is 4.99 Å². The van der Waals surface area contributed by atoms with Crippen molar-refractivity contribution >= 4 is 6.21 Å². The molecule has 0 aromatic heterocycles. The van der Waals surface area contributed by atoms with Gasteiger partial charge in [0.2, 0.25) is 0 Å². The molecular formula is C7H12N2. The van der Waals surface area contributed by atoms with E-state index in [1.165, 1.54) is 0 Å². The molecule has 0 saturated carbocycles. The molecule has 2 heteroatoms. The highest BCUT2D eigenvalue weighted by Crippen LogP contribution is 2.09. The predicted molar refractivity (Wildman–Crippen MR) is 39.4 cm³/mol. The molecule has 0 aliphatic carbocycles. The molecule has 9 heavy (non-hydrogen) atoms. The van der Waals surface area contributed by atoms with E-state index in [4.69, 9.17) is 0 Å². The van der Waals surface area contributed by atoms with Gasteiger partial charge in [0.25, 0.3) is 0 Å². The van der Waals surface area contributed by atoms with E-state index in [1.54, 1.807) is 0 Å². The van der Waals surface area contributed by atoms with Gasteiger partial charge in [-0.3, -0.25) is 0 Å². The van der Waals surface area contributed by atoms with E-state index < -0.39 is 0 Å². The molecule has 1 N–H and O–H groups in total. The van der Waals surface area contributed by atoms with Gasteiger partial charge in [0.15, 0.2) is 0 Å². The highest BCUT2D eigenvalue weighted by atomic mass is 15.0. The minimum Gasteiger partial charge on any atom is -0.373 e. The predicted octanol–water partition coefficient (Wildman–Crippen LogP) is 1.16. The molecule has 50 valence electrons. The molecule has 0 aromatic rings. The van der Waals surface area contributed by atoms with Crippen LogP contribution in [0.2, 0.25) is 0 Å². The SMILES string of the molecule is CNC1=CC(C)CC=N1. The lowest BCUT2D eigenvalue weighted by molar-refractivity contribution is 0.734. The number of allylic oxidation sites excluding steroid dienone is 1. The summed E-state index contributed by atoms with van der Waals surface area (Å²) in [4.78, 5) is 4.12. The molecule has 1 aliphatic rings. The summed E-state index contributed by atoms with van der Waals surface area (Å²) in [6, 6.07) is 0. The van der Waals surface area contributed by atoms with E-state index in [9.17, 15) is 0 Å². The zero-order valence-electron chi connectivity index (χ0n) is 5.89. The van der Waals surface area contributed by atoms with Crippen LogP contribution in [0.3, 0.4) is 0 Å². The van der Waals surface area contributed by atoms with Gasteiger partial charge in [-0.15, -0.1) is 0 Å². The molecule has 0 bridgehead atoms. The fourth-order valence-electron chi connectivity index (χ4n) is 0.846. The second-order valence-electron chi connectivity index (χ2n) is 2.33. The first-order valence-corrected chi connectivity index (χ1v) is 3.25. The van der Waals surface area contributed by atoms with E-state index >= 15 is 0 Å². The number of hydrogen-bond donors (Lipinski definition) is 1. The largest absolute Gasteiger partial charge is 0.373 e. The Balaban J connectivity index is 2.59. The van der Waals surface area contributed by atoms with E-state index in [1.807, 2.05) is 13.3 Å². The summed E-state index contributed by atoms with van der Waals surface area (Å²) < 4.78 is 0.